The predicted octanol–water partition coefficient (Wildman–Crippen LogP) is 0.624. The van der Waals surface area contributed by atoms with E-state index in [0.717, 1.165) is 31.7 Å². The lowest BCUT2D eigenvalue weighted by Gasteiger charge is -2.31. The Kier molecular flexibility index (Phi) is 3.38. The molecule has 1 saturated heterocycles. The first kappa shape index (κ1) is 10.6. The van der Waals surface area contributed by atoms with Crippen LogP contribution in [-0.2, 0) is 13.6 Å². The molecule has 0 bridgehead atoms. The molecule has 15 heavy (non-hydrogen) atoms. The van der Waals surface area contributed by atoms with E-state index in [0.29, 0.717) is 12.5 Å². The summed E-state index contributed by atoms with van der Waals surface area (Å²) >= 11 is 0. The van der Waals surface area contributed by atoms with E-state index in [9.17, 15) is 0 Å². The Morgan fingerprint density at radius 2 is 2.47 bits per heavy atom. The van der Waals surface area contributed by atoms with Crippen LogP contribution >= 0.6 is 0 Å². The van der Waals surface area contributed by atoms with Crippen molar-refractivity contribution in [2.45, 2.75) is 19.4 Å². The largest absolute Gasteiger partial charge is 0.396 e. The molecule has 1 fully saturated rings. The molecule has 2 rings (SSSR count). The summed E-state index contributed by atoms with van der Waals surface area (Å²) in [6.07, 6.45) is 4.33. The smallest absolute Gasteiger partial charge is 0.0764 e. The standard InChI is InChI=1S/C11H19N3O/c1-13-6-4-11(12-13)8-14-5-2-3-10(7-14)9-15/h4,6,10,15H,2-3,5,7-9H2,1H3. The average molecular weight is 209 g/mol. The highest BCUT2D eigenvalue weighted by atomic mass is 16.3. The zero-order chi connectivity index (χ0) is 10.7. The zero-order valence-corrected chi connectivity index (χ0v) is 9.26. The van der Waals surface area contributed by atoms with Gasteiger partial charge in [-0.2, -0.15) is 5.10 Å². The lowest BCUT2D eigenvalue weighted by atomic mass is 9.99. The van der Waals surface area contributed by atoms with Crippen molar-refractivity contribution in [1.82, 2.24) is 14.7 Å². The summed E-state index contributed by atoms with van der Waals surface area (Å²) in [6, 6.07) is 2.06. The Labute approximate surface area is 90.5 Å². The van der Waals surface area contributed by atoms with Gasteiger partial charge < -0.3 is 5.11 Å². The number of rotatable bonds is 3. The van der Waals surface area contributed by atoms with Crippen LogP contribution in [0.3, 0.4) is 0 Å². The van der Waals surface area contributed by atoms with Gasteiger partial charge in [-0.05, 0) is 31.4 Å². The fraction of sp³-hybridized carbons (Fsp3) is 0.727. The molecule has 1 aliphatic rings. The molecule has 0 radical (unpaired) electrons. The maximum absolute atomic E-state index is 9.13. The summed E-state index contributed by atoms with van der Waals surface area (Å²) in [5.74, 6) is 0.461. The van der Waals surface area contributed by atoms with Gasteiger partial charge in [0.15, 0.2) is 0 Å². The van der Waals surface area contributed by atoms with Crippen molar-refractivity contribution in [2.75, 3.05) is 19.7 Å². The van der Waals surface area contributed by atoms with E-state index < -0.39 is 0 Å². The van der Waals surface area contributed by atoms with Gasteiger partial charge in [0.1, 0.15) is 0 Å². The minimum Gasteiger partial charge on any atom is -0.396 e. The number of hydrogen-bond donors (Lipinski definition) is 1. The molecular weight excluding hydrogens is 190 g/mol. The molecule has 0 amide bonds. The van der Waals surface area contributed by atoms with Crippen molar-refractivity contribution in [3.63, 3.8) is 0 Å². The van der Waals surface area contributed by atoms with Gasteiger partial charge in [0.2, 0.25) is 0 Å². The van der Waals surface area contributed by atoms with Gasteiger partial charge in [0, 0.05) is 32.9 Å². The molecule has 1 aliphatic heterocycles. The number of aromatic nitrogens is 2. The summed E-state index contributed by atoms with van der Waals surface area (Å²) in [4.78, 5) is 2.38. The quantitative estimate of drug-likeness (QED) is 0.793. The minimum atomic E-state index is 0.318. The molecule has 0 aliphatic carbocycles. The van der Waals surface area contributed by atoms with Crippen LogP contribution in [0, 0.1) is 5.92 Å². The Bertz CT molecular complexity index is 311. The Morgan fingerprint density at radius 1 is 1.60 bits per heavy atom. The lowest BCUT2D eigenvalue weighted by molar-refractivity contribution is 0.115. The van der Waals surface area contributed by atoms with Crippen LogP contribution in [-0.4, -0.2) is 39.5 Å². The molecule has 4 nitrogen and oxygen atoms in total. The Balaban J connectivity index is 1.88. The van der Waals surface area contributed by atoms with Gasteiger partial charge >= 0.3 is 0 Å². The van der Waals surface area contributed by atoms with Crippen LogP contribution in [0.15, 0.2) is 12.3 Å². The normalized spacial score (nSPS) is 23.2. The van der Waals surface area contributed by atoms with Crippen LogP contribution in [0.4, 0.5) is 0 Å². The van der Waals surface area contributed by atoms with E-state index in [1.807, 2.05) is 17.9 Å². The number of nitrogens with zero attached hydrogens (tertiary/aromatic N) is 3. The molecule has 1 aromatic heterocycles. The number of likely N-dealkylation sites (tertiary alicyclic amines) is 1. The topological polar surface area (TPSA) is 41.3 Å². The average Bonchev–Trinajstić information content (AvgIpc) is 2.64. The van der Waals surface area contributed by atoms with E-state index in [1.54, 1.807) is 0 Å². The molecule has 0 spiro atoms. The molecular formula is C11H19N3O. The van der Waals surface area contributed by atoms with Crippen LogP contribution in [0.5, 0.6) is 0 Å². The molecule has 0 aromatic carbocycles. The number of piperidine rings is 1. The summed E-state index contributed by atoms with van der Waals surface area (Å²) in [6.45, 7) is 3.37. The third-order valence-electron chi connectivity index (χ3n) is 3.02. The molecule has 84 valence electrons. The molecule has 1 N–H and O–H groups in total. The van der Waals surface area contributed by atoms with Crippen LogP contribution in [0.2, 0.25) is 0 Å². The first-order chi connectivity index (χ1) is 7.28. The molecule has 1 unspecified atom stereocenters. The Morgan fingerprint density at radius 3 is 3.13 bits per heavy atom. The molecule has 1 aromatic rings. The summed E-state index contributed by atoms with van der Waals surface area (Å²) < 4.78 is 1.84. The highest BCUT2D eigenvalue weighted by Gasteiger charge is 2.19. The van der Waals surface area contributed by atoms with Gasteiger partial charge in [-0.3, -0.25) is 9.58 Å². The third kappa shape index (κ3) is 2.79. The van der Waals surface area contributed by atoms with Crippen LogP contribution in [0.1, 0.15) is 18.5 Å². The number of aryl methyl sites for hydroxylation is 1. The molecule has 1 atom stereocenters. The number of aliphatic hydroxyl groups excluding tert-OH is 1. The highest BCUT2D eigenvalue weighted by molar-refractivity contribution is 4.98. The van der Waals surface area contributed by atoms with E-state index in [4.69, 9.17) is 5.11 Å². The fourth-order valence-electron chi connectivity index (χ4n) is 2.22. The van der Waals surface area contributed by atoms with Crippen molar-refractivity contribution in [3.8, 4) is 0 Å². The van der Waals surface area contributed by atoms with Crippen molar-refractivity contribution in [1.29, 1.82) is 0 Å². The van der Waals surface area contributed by atoms with Gasteiger partial charge in [-0.25, -0.2) is 0 Å². The lowest BCUT2D eigenvalue weighted by Crippen LogP contribution is -2.36. The first-order valence-corrected chi connectivity index (χ1v) is 5.59. The Hall–Kier alpha value is -0.870. The molecule has 2 heterocycles. The zero-order valence-electron chi connectivity index (χ0n) is 9.26. The predicted molar refractivity (Wildman–Crippen MR) is 58.3 cm³/mol. The maximum Gasteiger partial charge on any atom is 0.0764 e. The monoisotopic (exact) mass is 209 g/mol. The SMILES string of the molecule is Cn1ccc(CN2CCCC(CO)C2)n1. The number of hydrogen-bond acceptors (Lipinski definition) is 3. The summed E-state index contributed by atoms with van der Waals surface area (Å²) in [5, 5.41) is 13.5. The summed E-state index contributed by atoms with van der Waals surface area (Å²) in [7, 11) is 1.94. The maximum atomic E-state index is 9.13. The van der Waals surface area contributed by atoms with Crippen LogP contribution in [0.25, 0.3) is 0 Å². The second kappa shape index (κ2) is 4.77. The van der Waals surface area contributed by atoms with Crippen molar-refractivity contribution in [3.05, 3.63) is 18.0 Å². The van der Waals surface area contributed by atoms with Gasteiger partial charge in [0.05, 0.1) is 5.69 Å². The number of aliphatic hydroxyl groups is 1. The third-order valence-corrected chi connectivity index (χ3v) is 3.02. The van der Waals surface area contributed by atoms with Gasteiger partial charge in [-0.1, -0.05) is 0 Å². The van der Waals surface area contributed by atoms with Gasteiger partial charge in [0.25, 0.3) is 0 Å². The highest BCUT2D eigenvalue weighted by Crippen LogP contribution is 2.17. The van der Waals surface area contributed by atoms with E-state index in [2.05, 4.69) is 16.1 Å². The van der Waals surface area contributed by atoms with E-state index in [-0.39, 0.29) is 0 Å². The molecule has 4 heteroatoms. The second-order valence-electron chi connectivity index (χ2n) is 4.41. The summed E-state index contributed by atoms with van der Waals surface area (Å²) in [5.41, 5.74) is 1.12. The van der Waals surface area contributed by atoms with Crippen molar-refractivity contribution in [2.24, 2.45) is 13.0 Å². The second-order valence-corrected chi connectivity index (χ2v) is 4.41. The van der Waals surface area contributed by atoms with Crippen LogP contribution < -0.4 is 0 Å². The fourth-order valence-corrected chi connectivity index (χ4v) is 2.22. The molecule has 0 saturated carbocycles. The van der Waals surface area contributed by atoms with E-state index in [1.165, 1.54) is 6.42 Å². The van der Waals surface area contributed by atoms with E-state index >= 15 is 0 Å². The van der Waals surface area contributed by atoms with Gasteiger partial charge in [-0.15, -0.1) is 0 Å². The first-order valence-electron chi connectivity index (χ1n) is 5.59. The van der Waals surface area contributed by atoms with Crippen molar-refractivity contribution < 1.29 is 5.11 Å². The van der Waals surface area contributed by atoms with Crippen molar-refractivity contribution >= 4 is 0 Å². The minimum absolute atomic E-state index is 0.318.